The van der Waals surface area contributed by atoms with Crippen LogP contribution in [0.1, 0.15) is 6.23 Å². The first kappa shape index (κ1) is 16.7. The van der Waals surface area contributed by atoms with Gasteiger partial charge in [0.05, 0.1) is 6.61 Å². The van der Waals surface area contributed by atoms with Gasteiger partial charge >= 0.3 is 10.1 Å². The largest absolute Gasteiger partial charge is 0.394 e. The summed E-state index contributed by atoms with van der Waals surface area (Å²) in [4.78, 5) is 21.2. The third kappa shape index (κ3) is 2.45. The van der Waals surface area contributed by atoms with Gasteiger partial charge in [0.15, 0.2) is 17.4 Å². The number of nitrogens with one attached hydrogen (secondary N) is 1. The first-order valence-electron chi connectivity index (χ1n) is 6.52. The molecule has 0 aromatic carbocycles. The molecule has 24 heavy (non-hydrogen) atoms. The second-order valence-electron chi connectivity index (χ2n) is 5.09. The number of hydrogen-bond donors (Lipinski definition) is 6. The Labute approximate surface area is 133 Å². The summed E-state index contributed by atoms with van der Waals surface area (Å²) in [5.74, 6) is -0.373. The van der Waals surface area contributed by atoms with Crippen LogP contribution in [0.2, 0.25) is 0 Å². The number of aromatic amines is 1. The molecule has 1 aliphatic heterocycles. The molecule has 2 aromatic rings. The normalized spacial score (nSPS) is 27.8. The van der Waals surface area contributed by atoms with Crippen molar-refractivity contribution in [1.29, 1.82) is 0 Å². The molecule has 0 amide bonds. The minimum absolute atomic E-state index is 0.373. The summed E-state index contributed by atoms with van der Waals surface area (Å²) in [7, 11) is -4.94. The summed E-state index contributed by atoms with van der Waals surface area (Å²) in [5, 5.41) is 28.0. The van der Waals surface area contributed by atoms with Crippen molar-refractivity contribution in [2.75, 3.05) is 12.3 Å². The highest BCUT2D eigenvalue weighted by molar-refractivity contribution is 7.85. The molecule has 0 radical (unpaired) electrons. The summed E-state index contributed by atoms with van der Waals surface area (Å²) < 4.78 is 38.3. The maximum atomic E-state index is 11.9. The average Bonchev–Trinajstić information content (AvgIpc) is 2.98. The number of aromatic nitrogens is 4. The molecule has 0 spiro atoms. The number of imidazole rings is 1. The van der Waals surface area contributed by atoms with Crippen LogP contribution in [-0.4, -0.2) is 72.7 Å². The van der Waals surface area contributed by atoms with Crippen LogP contribution in [0.25, 0.3) is 11.2 Å². The molecule has 2 aromatic heterocycles. The molecule has 14 heteroatoms. The predicted molar refractivity (Wildman–Crippen MR) is 75.4 cm³/mol. The summed E-state index contributed by atoms with van der Waals surface area (Å²) in [6, 6.07) is 0. The Morgan fingerprint density at radius 1 is 1.29 bits per heavy atom. The van der Waals surface area contributed by atoms with Crippen LogP contribution in [0.5, 0.6) is 0 Å². The molecule has 4 atom stereocenters. The molecule has 1 aliphatic rings. The zero-order valence-corrected chi connectivity index (χ0v) is 12.6. The van der Waals surface area contributed by atoms with Gasteiger partial charge < -0.3 is 25.8 Å². The molecule has 0 aliphatic carbocycles. The standard InChI is InChI=1S/C10H13N5O8S/c11-9-13-6-3(7(19)14-9)12-10(24(20,21)22)15(6)8-5(18)4(17)2(1-16)23-8/h2,4-5,8,16-18H,1H2,(H,20,21,22)(H3,11,13,14,19)/t2-,4?,5?,8-/m1/s1. The van der Waals surface area contributed by atoms with Crippen molar-refractivity contribution >= 4 is 27.2 Å². The fraction of sp³-hybridized carbons (Fsp3) is 0.500. The Bertz CT molecular complexity index is 952. The summed E-state index contributed by atoms with van der Waals surface area (Å²) in [6.07, 6.45) is -6.06. The lowest BCUT2D eigenvalue weighted by molar-refractivity contribution is -0.0552. The highest BCUT2D eigenvalue weighted by Crippen LogP contribution is 2.33. The van der Waals surface area contributed by atoms with Crippen LogP contribution in [0.4, 0.5) is 5.95 Å². The second kappa shape index (κ2) is 5.47. The number of aliphatic hydroxyl groups is 3. The number of nitrogens with two attached hydrogens (primary N) is 1. The van der Waals surface area contributed by atoms with E-state index in [0.29, 0.717) is 4.57 Å². The van der Waals surface area contributed by atoms with E-state index in [9.17, 15) is 28.0 Å². The van der Waals surface area contributed by atoms with E-state index in [4.69, 9.17) is 15.6 Å². The maximum absolute atomic E-state index is 11.9. The van der Waals surface area contributed by atoms with Crippen LogP contribution in [0, 0.1) is 0 Å². The smallest absolute Gasteiger partial charge is 0.328 e. The van der Waals surface area contributed by atoms with E-state index in [2.05, 4.69) is 15.0 Å². The lowest BCUT2D eigenvalue weighted by Gasteiger charge is -2.18. The monoisotopic (exact) mass is 363 g/mol. The van der Waals surface area contributed by atoms with Crippen molar-refractivity contribution in [2.24, 2.45) is 0 Å². The number of nitrogen functional groups attached to an aromatic ring is 1. The van der Waals surface area contributed by atoms with Crippen molar-refractivity contribution in [3.05, 3.63) is 10.4 Å². The number of hydrogen-bond acceptors (Lipinski definition) is 10. The minimum Gasteiger partial charge on any atom is -0.394 e. The molecular weight excluding hydrogens is 350 g/mol. The maximum Gasteiger partial charge on any atom is 0.328 e. The van der Waals surface area contributed by atoms with Gasteiger partial charge in [-0.25, -0.2) is 4.98 Å². The molecule has 0 bridgehead atoms. The molecule has 1 saturated heterocycles. The van der Waals surface area contributed by atoms with Gasteiger partial charge in [0.25, 0.3) is 10.7 Å². The second-order valence-corrected chi connectivity index (χ2v) is 6.41. The van der Waals surface area contributed by atoms with E-state index in [-0.39, 0.29) is 5.95 Å². The summed E-state index contributed by atoms with van der Waals surface area (Å²) in [6.45, 7) is -0.668. The third-order valence-corrected chi connectivity index (χ3v) is 4.29. The van der Waals surface area contributed by atoms with E-state index in [1.807, 2.05) is 0 Å². The fourth-order valence-electron chi connectivity index (χ4n) is 2.49. The van der Waals surface area contributed by atoms with Crippen LogP contribution >= 0.6 is 0 Å². The number of nitrogens with zero attached hydrogens (tertiary/aromatic N) is 3. The molecule has 7 N–H and O–H groups in total. The van der Waals surface area contributed by atoms with Crippen molar-refractivity contribution < 1.29 is 33.0 Å². The van der Waals surface area contributed by atoms with Gasteiger partial charge in [0.2, 0.25) is 5.95 Å². The minimum atomic E-state index is -4.94. The number of rotatable bonds is 3. The summed E-state index contributed by atoms with van der Waals surface area (Å²) in [5.41, 5.74) is 3.66. The van der Waals surface area contributed by atoms with Gasteiger partial charge in [-0.3, -0.25) is 18.9 Å². The zero-order chi connectivity index (χ0) is 17.8. The van der Waals surface area contributed by atoms with Gasteiger partial charge in [-0.05, 0) is 0 Å². The molecule has 13 nitrogen and oxygen atoms in total. The Morgan fingerprint density at radius 2 is 1.96 bits per heavy atom. The summed E-state index contributed by atoms with van der Waals surface area (Å²) >= 11 is 0. The molecule has 1 fully saturated rings. The van der Waals surface area contributed by atoms with Crippen molar-refractivity contribution in [3.63, 3.8) is 0 Å². The highest BCUT2D eigenvalue weighted by atomic mass is 32.2. The number of anilines is 1. The average molecular weight is 363 g/mol. The lowest BCUT2D eigenvalue weighted by Crippen LogP contribution is -2.33. The zero-order valence-electron chi connectivity index (χ0n) is 11.8. The molecule has 132 valence electrons. The van der Waals surface area contributed by atoms with Gasteiger partial charge in [-0.2, -0.15) is 13.4 Å². The Kier molecular flexibility index (Phi) is 3.82. The quantitative estimate of drug-likeness (QED) is 0.295. The van der Waals surface area contributed by atoms with Gasteiger partial charge in [0.1, 0.15) is 18.3 Å². The van der Waals surface area contributed by atoms with Crippen LogP contribution in [0.3, 0.4) is 0 Å². The van der Waals surface area contributed by atoms with Crippen molar-refractivity contribution in [1.82, 2.24) is 19.5 Å². The predicted octanol–water partition coefficient (Wildman–Crippen LogP) is -3.44. The number of ether oxygens (including phenoxy) is 1. The third-order valence-electron chi connectivity index (χ3n) is 3.54. The van der Waals surface area contributed by atoms with Gasteiger partial charge in [-0.15, -0.1) is 0 Å². The Morgan fingerprint density at radius 3 is 2.50 bits per heavy atom. The van der Waals surface area contributed by atoms with Crippen molar-refractivity contribution in [3.8, 4) is 0 Å². The fourth-order valence-corrected chi connectivity index (χ4v) is 3.13. The Hall–Kier alpha value is -2.10. The highest BCUT2D eigenvalue weighted by Gasteiger charge is 2.46. The van der Waals surface area contributed by atoms with Gasteiger partial charge in [0, 0.05) is 0 Å². The number of fused-ring (bicyclic) bond motifs is 1. The molecule has 2 unspecified atom stereocenters. The lowest BCUT2D eigenvalue weighted by atomic mass is 10.1. The van der Waals surface area contributed by atoms with Crippen LogP contribution < -0.4 is 11.3 Å². The molecule has 3 heterocycles. The van der Waals surface area contributed by atoms with E-state index in [0.717, 1.165) is 0 Å². The topological polar surface area (TPSA) is 214 Å². The van der Waals surface area contributed by atoms with Crippen LogP contribution in [0.15, 0.2) is 9.95 Å². The van der Waals surface area contributed by atoms with E-state index in [1.54, 1.807) is 0 Å². The van der Waals surface area contributed by atoms with E-state index in [1.165, 1.54) is 0 Å². The SMILES string of the molecule is Nc1nc2c(nc(S(=O)(=O)O)n2[C@@H]2O[C@H](CO)C(O)C2O)c(=O)[nH]1. The molecule has 0 saturated carbocycles. The van der Waals surface area contributed by atoms with Crippen LogP contribution in [-0.2, 0) is 14.9 Å². The van der Waals surface area contributed by atoms with Gasteiger partial charge in [-0.1, -0.05) is 0 Å². The van der Waals surface area contributed by atoms with E-state index >= 15 is 0 Å². The van der Waals surface area contributed by atoms with Crippen molar-refractivity contribution in [2.45, 2.75) is 29.7 Å². The number of aliphatic hydroxyl groups excluding tert-OH is 3. The first-order chi connectivity index (χ1) is 11.1. The number of H-pyrrole nitrogens is 1. The molecular formula is C10H13N5O8S. The molecule has 3 rings (SSSR count). The van der Waals surface area contributed by atoms with E-state index < -0.39 is 63.1 Å². The Balaban J connectivity index is 2.32. The first-order valence-corrected chi connectivity index (χ1v) is 7.97.